The van der Waals surface area contributed by atoms with Crippen LogP contribution in [0.2, 0.25) is 0 Å². The number of carbonyl (C=O) groups excluding carboxylic acids is 1. The molecule has 0 aliphatic rings. The average Bonchev–Trinajstić information content (AvgIpc) is 2.78. The third-order valence-corrected chi connectivity index (χ3v) is 6.28. The average molecular weight is 470 g/mol. The Balaban J connectivity index is 1.82. The summed E-state index contributed by atoms with van der Waals surface area (Å²) in [6.45, 7) is 1.23. The van der Waals surface area contributed by atoms with Crippen LogP contribution in [0.3, 0.4) is 0 Å². The number of aryl methyl sites for hydroxylation is 1. The van der Waals surface area contributed by atoms with Gasteiger partial charge in [0.2, 0.25) is 0 Å². The van der Waals surface area contributed by atoms with E-state index in [1.54, 1.807) is 30.3 Å². The number of nitrogens with zero attached hydrogens (tertiary/aromatic N) is 3. The van der Waals surface area contributed by atoms with Crippen molar-refractivity contribution >= 4 is 33.5 Å². The molecule has 0 radical (unpaired) electrons. The Morgan fingerprint density at radius 2 is 1.79 bits per heavy atom. The van der Waals surface area contributed by atoms with Gasteiger partial charge in [0.1, 0.15) is 12.4 Å². The van der Waals surface area contributed by atoms with Crippen LogP contribution >= 0.6 is 0 Å². The van der Waals surface area contributed by atoms with Gasteiger partial charge in [-0.1, -0.05) is 29.8 Å². The van der Waals surface area contributed by atoms with Gasteiger partial charge in [-0.15, -0.1) is 0 Å². The van der Waals surface area contributed by atoms with Crippen molar-refractivity contribution in [1.29, 1.82) is 0 Å². The summed E-state index contributed by atoms with van der Waals surface area (Å²) >= 11 is 0. The molecule has 0 spiro atoms. The molecule has 0 aromatic heterocycles. The van der Waals surface area contributed by atoms with Crippen molar-refractivity contribution in [2.24, 2.45) is 5.10 Å². The number of hydrogen-bond acceptors (Lipinski definition) is 6. The summed E-state index contributed by atoms with van der Waals surface area (Å²) in [7, 11) is -4.19. The Kier molecular flexibility index (Phi) is 7.13. The van der Waals surface area contributed by atoms with Gasteiger partial charge in [0.05, 0.1) is 21.7 Å². The molecule has 0 unspecified atom stereocenters. The van der Waals surface area contributed by atoms with Gasteiger partial charge in [-0.25, -0.2) is 18.2 Å². The van der Waals surface area contributed by atoms with Gasteiger partial charge in [0.15, 0.2) is 0 Å². The first-order chi connectivity index (χ1) is 15.7. The lowest BCUT2D eigenvalue weighted by Gasteiger charge is -2.23. The Bertz CT molecular complexity index is 1290. The fourth-order valence-corrected chi connectivity index (χ4v) is 4.24. The molecule has 33 heavy (non-hydrogen) atoms. The standard InChI is InChI=1S/C22H19FN4O5S/c1-16-5-9-19(10-6-16)26(33(31,32)21-11-7-18(23)8-12-21)15-22(28)25-24-14-17-3-2-4-20(13-17)27(29)30/h2-14H,15H2,1H3,(H,25,28)/b24-14-. The predicted octanol–water partition coefficient (Wildman–Crippen LogP) is 3.39. The highest BCUT2D eigenvalue weighted by Crippen LogP contribution is 2.24. The molecule has 0 fully saturated rings. The van der Waals surface area contributed by atoms with E-state index in [-0.39, 0.29) is 16.3 Å². The minimum Gasteiger partial charge on any atom is -0.271 e. The van der Waals surface area contributed by atoms with E-state index in [0.717, 1.165) is 34.1 Å². The van der Waals surface area contributed by atoms with E-state index in [4.69, 9.17) is 0 Å². The van der Waals surface area contributed by atoms with E-state index in [1.165, 1.54) is 24.4 Å². The van der Waals surface area contributed by atoms with Gasteiger partial charge in [0, 0.05) is 17.7 Å². The number of non-ortho nitro benzene ring substituents is 1. The second-order valence-electron chi connectivity index (χ2n) is 6.95. The van der Waals surface area contributed by atoms with Crippen molar-refractivity contribution < 1.29 is 22.5 Å². The zero-order valence-electron chi connectivity index (χ0n) is 17.4. The topological polar surface area (TPSA) is 122 Å². The van der Waals surface area contributed by atoms with Crippen LogP contribution in [-0.2, 0) is 14.8 Å². The molecule has 170 valence electrons. The molecule has 9 nitrogen and oxygen atoms in total. The SMILES string of the molecule is Cc1ccc(N(CC(=O)N/N=C\c2cccc([N+](=O)[O-])c2)S(=O)(=O)c2ccc(F)cc2)cc1. The molecule has 0 saturated heterocycles. The number of amides is 1. The normalized spacial score (nSPS) is 11.3. The number of anilines is 1. The van der Waals surface area contributed by atoms with Gasteiger partial charge in [0.25, 0.3) is 21.6 Å². The number of nitro groups is 1. The third-order valence-electron chi connectivity index (χ3n) is 4.49. The van der Waals surface area contributed by atoms with Crippen LogP contribution < -0.4 is 9.73 Å². The van der Waals surface area contributed by atoms with Gasteiger partial charge in [-0.05, 0) is 43.3 Å². The number of benzene rings is 3. The summed E-state index contributed by atoms with van der Waals surface area (Å²) in [5.41, 5.74) is 3.59. The van der Waals surface area contributed by atoms with Gasteiger partial charge < -0.3 is 0 Å². The maximum absolute atomic E-state index is 13.3. The van der Waals surface area contributed by atoms with E-state index >= 15 is 0 Å². The highest BCUT2D eigenvalue weighted by Gasteiger charge is 2.27. The number of halogens is 1. The summed E-state index contributed by atoms with van der Waals surface area (Å²) in [5, 5.41) is 14.6. The number of carbonyl (C=O) groups is 1. The van der Waals surface area contributed by atoms with Crippen molar-refractivity contribution in [2.75, 3.05) is 10.8 Å². The summed E-state index contributed by atoms with van der Waals surface area (Å²) in [4.78, 5) is 22.6. The number of nitrogens with one attached hydrogen (secondary N) is 1. The number of nitro benzene ring substituents is 1. The molecule has 3 rings (SSSR count). The zero-order chi connectivity index (χ0) is 24.0. The second kappa shape index (κ2) is 10.0. The Morgan fingerprint density at radius 3 is 2.42 bits per heavy atom. The van der Waals surface area contributed by atoms with Crippen molar-refractivity contribution in [3.8, 4) is 0 Å². The zero-order valence-corrected chi connectivity index (χ0v) is 18.2. The van der Waals surface area contributed by atoms with Crippen molar-refractivity contribution in [2.45, 2.75) is 11.8 Å². The predicted molar refractivity (Wildman–Crippen MR) is 121 cm³/mol. The Labute approximate surface area is 189 Å². The molecule has 0 saturated carbocycles. The second-order valence-corrected chi connectivity index (χ2v) is 8.81. The van der Waals surface area contributed by atoms with Crippen LogP contribution in [0.25, 0.3) is 0 Å². The van der Waals surface area contributed by atoms with Crippen LogP contribution in [0.1, 0.15) is 11.1 Å². The fourth-order valence-electron chi connectivity index (χ4n) is 2.82. The number of hydrazone groups is 1. The molecule has 1 amide bonds. The van der Waals surface area contributed by atoms with Crippen molar-refractivity contribution in [3.05, 3.63) is 99.9 Å². The van der Waals surface area contributed by atoms with E-state index < -0.39 is 33.2 Å². The first-order valence-electron chi connectivity index (χ1n) is 9.58. The van der Waals surface area contributed by atoms with Crippen LogP contribution in [0, 0.1) is 22.9 Å². The monoisotopic (exact) mass is 470 g/mol. The van der Waals surface area contributed by atoms with E-state index in [2.05, 4.69) is 10.5 Å². The van der Waals surface area contributed by atoms with Crippen molar-refractivity contribution in [3.63, 3.8) is 0 Å². The molecule has 0 bridgehead atoms. The van der Waals surface area contributed by atoms with E-state index in [1.807, 2.05) is 6.92 Å². The molecule has 11 heteroatoms. The lowest BCUT2D eigenvalue weighted by molar-refractivity contribution is -0.384. The smallest absolute Gasteiger partial charge is 0.270 e. The van der Waals surface area contributed by atoms with Crippen LogP contribution in [-0.4, -0.2) is 32.0 Å². The number of rotatable bonds is 8. The van der Waals surface area contributed by atoms with Gasteiger partial charge in [-0.2, -0.15) is 5.10 Å². The molecule has 3 aromatic carbocycles. The molecule has 0 aliphatic heterocycles. The molecule has 0 aliphatic carbocycles. The molecule has 0 atom stereocenters. The summed E-state index contributed by atoms with van der Waals surface area (Å²) in [6, 6.07) is 16.4. The minimum atomic E-state index is -4.19. The Morgan fingerprint density at radius 1 is 1.12 bits per heavy atom. The first-order valence-corrected chi connectivity index (χ1v) is 11.0. The largest absolute Gasteiger partial charge is 0.271 e. The highest BCUT2D eigenvalue weighted by molar-refractivity contribution is 7.92. The molecular weight excluding hydrogens is 451 g/mol. The highest BCUT2D eigenvalue weighted by atomic mass is 32.2. The Hall–Kier alpha value is -4.12. The molecule has 3 aromatic rings. The van der Waals surface area contributed by atoms with Crippen LogP contribution in [0.5, 0.6) is 0 Å². The summed E-state index contributed by atoms with van der Waals surface area (Å²) < 4.78 is 40.5. The maximum Gasteiger partial charge on any atom is 0.270 e. The first kappa shape index (κ1) is 23.5. The third kappa shape index (κ3) is 5.98. The van der Waals surface area contributed by atoms with Crippen LogP contribution in [0.15, 0.2) is 82.8 Å². The number of sulfonamides is 1. The number of hydrogen-bond donors (Lipinski definition) is 1. The van der Waals surface area contributed by atoms with Gasteiger partial charge in [-0.3, -0.25) is 19.2 Å². The maximum atomic E-state index is 13.3. The van der Waals surface area contributed by atoms with E-state index in [9.17, 15) is 27.7 Å². The summed E-state index contributed by atoms with van der Waals surface area (Å²) in [6.07, 6.45) is 1.20. The quantitative estimate of drug-likeness (QED) is 0.307. The molecule has 1 N–H and O–H groups in total. The molecule has 0 heterocycles. The van der Waals surface area contributed by atoms with E-state index in [0.29, 0.717) is 5.56 Å². The van der Waals surface area contributed by atoms with Crippen LogP contribution in [0.4, 0.5) is 15.8 Å². The fraction of sp³-hybridized carbons (Fsp3) is 0.0909. The lowest BCUT2D eigenvalue weighted by Crippen LogP contribution is -2.39. The summed E-state index contributed by atoms with van der Waals surface area (Å²) in [5.74, 6) is -1.34. The molecular formula is C22H19FN4O5S. The van der Waals surface area contributed by atoms with Gasteiger partial charge >= 0.3 is 0 Å². The minimum absolute atomic E-state index is 0.138. The van der Waals surface area contributed by atoms with Crippen molar-refractivity contribution in [1.82, 2.24) is 5.43 Å². The lowest BCUT2D eigenvalue weighted by atomic mass is 10.2.